The van der Waals surface area contributed by atoms with Crippen molar-refractivity contribution in [3.8, 4) is 0 Å². The number of nitrogens with one attached hydrogen (secondary N) is 1. The summed E-state index contributed by atoms with van der Waals surface area (Å²) in [4.78, 5) is 17.4. The van der Waals surface area contributed by atoms with Crippen LogP contribution in [0.15, 0.2) is 46.7 Å². The maximum absolute atomic E-state index is 12.6. The maximum atomic E-state index is 12.6. The third-order valence-electron chi connectivity index (χ3n) is 4.75. The van der Waals surface area contributed by atoms with Gasteiger partial charge in [0, 0.05) is 30.7 Å². The lowest BCUT2D eigenvalue weighted by atomic mass is 10.1. The summed E-state index contributed by atoms with van der Waals surface area (Å²) < 4.78 is 28.2. The molecule has 0 unspecified atom stereocenters. The Labute approximate surface area is 170 Å². The highest BCUT2D eigenvalue weighted by Crippen LogP contribution is 2.19. The van der Waals surface area contributed by atoms with E-state index in [0.717, 1.165) is 31.2 Å². The van der Waals surface area contributed by atoms with Crippen molar-refractivity contribution in [2.75, 3.05) is 25.9 Å². The van der Waals surface area contributed by atoms with Crippen LogP contribution in [0.25, 0.3) is 0 Å². The summed E-state index contributed by atoms with van der Waals surface area (Å²) in [6, 6.07) is 8.26. The van der Waals surface area contributed by atoms with Gasteiger partial charge in [0.1, 0.15) is 6.54 Å². The zero-order chi connectivity index (χ0) is 20.0. The lowest BCUT2D eigenvalue weighted by Crippen LogP contribution is -2.35. The van der Waals surface area contributed by atoms with Gasteiger partial charge in [-0.05, 0) is 43.2 Å². The summed E-state index contributed by atoms with van der Waals surface area (Å²) in [5, 5.41) is 2.88. The smallest absolute Gasteiger partial charge is 0.262 e. The quantitative estimate of drug-likeness (QED) is 0.659. The fourth-order valence-electron chi connectivity index (χ4n) is 3.16. The van der Waals surface area contributed by atoms with E-state index in [4.69, 9.17) is 0 Å². The average Bonchev–Trinajstić information content (AvgIpc) is 3.18. The van der Waals surface area contributed by atoms with Crippen LogP contribution in [0.3, 0.4) is 0 Å². The number of nitrogens with zero attached hydrogens (tertiary/aromatic N) is 3. The van der Waals surface area contributed by atoms with E-state index in [2.05, 4.69) is 34.6 Å². The molecule has 1 aliphatic rings. The van der Waals surface area contributed by atoms with E-state index in [1.54, 1.807) is 11.8 Å². The molecule has 0 bridgehead atoms. The summed E-state index contributed by atoms with van der Waals surface area (Å²) in [5.41, 5.74) is 1.16. The molecule has 0 aliphatic carbocycles. The van der Waals surface area contributed by atoms with Crippen molar-refractivity contribution >= 4 is 27.7 Å². The number of piperidine rings is 1. The first kappa shape index (κ1) is 20.9. The molecular formula is C19H26N4O3S2. The van der Waals surface area contributed by atoms with Crippen molar-refractivity contribution < 1.29 is 13.2 Å². The molecule has 0 saturated carbocycles. The van der Waals surface area contributed by atoms with Gasteiger partial charge in [0.25, 0.3) is 10.0 Å². The summed E-state index contributed by atoms with van der Waals surface area (Å²) in [5.74, 6) is -0.167. The van der Waals surface area contributed by atoms with Gasteiger partial charge in [-0.1, -0.05) is 18.6 Å². The van der Waals surface area contributed by atoms with Crippen molar-refractivity contribution in [3.63, 3.8) is 0 Å². The first-order valence-electron chi connectivity index (χ1n) is 9.40. The van der Waals surface area contributed by atoms with Gasteiger partial charge in [-0.15, -0.1) is 11.8 Å². The number of imidazole rings is 1. The highest BCUT2D eigenvalue weighted by Gasteiger charge is 2.28. The minimum Gasteiger partial charge on any atom is -0.354 e. The summed E-state index contributed by atoms with van der Waals surface area (Å²) >= 11 is 1.70. The number of rotatable bonds is 8. The Balaban J connectivity index is 1.49. The van der Waals surface area contributed by atoms with Gasteiger partial charge in [-0.2, -0.15) is 4.31 Å². The molecule has 0 radical (unpaired) electrons. The Morgan fingerprint density at radius 2 is 1.89 bits per heavy atom. The summed E-state index contributed by atoms with van der Waals surface area (Å²) in [6.45, 7) is 1.65. The van der Waals surface area contributed by atoms with E-state index in [-0.39, 0.29) is 17.5 Å². The molecule has 28 heavy (non-hydrogen) atoms. The fraction of sp³-hybridized carbons (Fsp3) is 0.474. The van der Waals surface area contributed by atoms with E-state index in [1.807, 2.05) is 6.26 Å². The minimum absolute atomic E-state index is 0.0103. The number of thioether (sulfide) groups is 1. The van der Waals surface area contributed by atoms with Crippen LogP contribution in [0.4, 0.5) is 0 Å². The van der Waals surface area contributed by atoms with Crippen LogP contribution in [0.2, 0.25) is 0 Å². The predicted octanol–water partition coefficient (Wildman–Crippen LogP) is 2.14. The summed E-state index contributed by atoms with van der Waals surface area (Å²) in [6.07, 6.45) is 8.43. The molecule has 1 fully saturated rings. The molecule has 3 rings (SSSR count). The minimum atomic E-state index is -3.57. The average molecular weight is 423 g/mol. The first-order chi connectivity index (χ1) is 13.5. The van der Waals surface area contributed by atoms with Gasteiger partial charge in [0.05, 0.1) is 6.33 Å². The molecule has 0 atom stereocenters. The van der Waals surface area contributed by atoms with Gasteiger partial charge < -0.3 is 9.88 Å². The second kappa shape index (κ2) is 9.58. The lowest BCUT2D eigenvalue weighted by Gasteiger charge is -2.24. The number of hydrogen-bond donors (Lipinski definition) is 1. The molecule has 1 saturated heterocycles. The van der Waals surface area contributed by atoms with Crippen molar-refractivity contribution in [1.29, 1.82) is 0 Å². The normalized spacial score (nSPS) is 15.5. The van der Waals surface area contributed by atoms with Crippen LogP contribution in [-0.2, 0) is 27.8 Å². The number of sulfonamides is 1. The zero-order valence-corrected chi connectivity index (χ0v) is 17.6. The molecular weight excluding hydrogens is 396 g/mol. The van der Waals surface area contributed by atoms with E-state index in [1.165, 1.54) is 26.3 Å². The number of aromatic nitrogens is 2. The molecule has 7 nitrogen and oxygen atoms in total. The molecule has 1 aliphatic heterocycles. The molecule has 1 amide bonds. The number of hydrogen-bond acceptors (Lipinski definition) is 5. The highest BCUT2D eigenvalue weighted by atomic mass is 32.2. The lowest BCUT2D eigenvalue weighted by molar-refractivity contribution is -0.121. The third kappa shape index (κ3) is 5.36. The van der Waals surface area contributed by atoms with Gasteiger partial charge in [-0.25, -0.2) is 13.4 Å². The monoisotopic (exact) mass is 422 g/mol. The Morgan fingerprint density at radius 1 is 1.18 bits per heavy atom. The Kier molecular flexibility index (Phi) is 7.14. The van der Waals surface area contributed by atoms with E-state index >= 15 is 0 Å². The zero-order valence-electron chi connectivity index (χ0n) is 16.0. The topological polar surface area (TPSA) is 84.3 Å². The SMILES string of the molecule is CSc1ccc(CCNC(=O)Cn2cnc(S(=O)(=O)N3CCCCC3)c2)cc1. The van der Waals surface area contributed by atoms with Crippen LogP contribution in [0, 0.1) is 0 Å². The predicted molar refractivity (Wildman–Crippen MR) is 110 cm³/mol. The fourth-order valence-corrected chi connectivity index (χ4v) is 5.02. The second-order valence-electron chi connectivity index (χ2n) is 6.80. The largest absolute Gasteiger partial charge is 0.354 e. The van der Waals surface area contributed by atoms with Gasteiger partial charge >= 0.3 is 0 Å². The van der Waals surface area contributed by atoms with Crippen LogP contribution in [0.5, 0.6) is 0 Å². The van der Waals surface area contributed by atoms with E-state index in [0.29, 0.717) is 19.6 Å². The van der Waals surface area contributed by atoms with Gasteiger partial charge in [-0.3, -0.25) is 4.79 Å². The first-order valence-corrected chi connectivity index (χ1v) is 12.1. The maximum Gasteiger partial charge on any atom is 0.262 e. The van der Waals surface area contributed by atoms with Crippen LogP contribution in [-0.4, -0.2) is 54.1 Å². The number of carbonyl (C=O) groups excluding carboxylic acids is 1. The Hall–Kier alpha value is -1.84. The second-order valence-corrected chi connectivity index (χ2v) is 9.56. The molecule has 1 N–H and O–H groups in total. The molecule has 2 aromatic rings. The standard InChI is InChI=1S/C19H26N4O3S2/c1-27-17-7-5-16(6-8-17)9-10-20-18(24)13-22-14-19(21-15-22)28(25,26)23-11-3-2-4-12-23/h5-8,14-15H,2-4,9-13H2,1H3,(H,20,24). The van der Waals surface area contributed by atoms with Crippen molar-refractivity contribution in [2.45, 2.75) is 42.1 Å². The van der Waals surface area contributed by atoms with Crippen LogP contribution in [0.1, 0.15) is 24.8 Å². The van der Waals surface area contributed by atoms with Crippen LogP contribution < -0.4 is 5.32 Å². The third-order valence-corrected chi connectivity index (χ3v) is 7.28. The molecule has 1 aromatic heterocycles. The Morgan fingerprint density at radius 3 is 2.57 bits per heavy atom. The van der Waals surface area contributed by atoms with E-state index < -0.39 is 10.0 Å². The molecule has 1 aromatic carbocycles. The molecule has 9 heteroatoms. The van der Waals surface area contributed by atoms with Crippen molar-refractivity contribution in [3.05, 3.63) is 42.4 Å². The van der Waals surface area contributed by atoms with Gasteiger partial charge in [0.15, 0.2) is 5.03 Å². The molecule has 2 heterocycles. The number of amides is 1. The Bertz CT molecular complexity index is 888. The number of carbonyl (C=O) groups is 1. The van der Waals surface area contributed by atoms with Crippen LogP contribution >= 0.6 is 11.8 Å². The van der Waals surface area contributed by atoms with E-state index in [9.17, 15) is 13.2 Å². The van der Waals surface area contributed by atoms with Crippen molar-refractivity contribution in [1.82, 2.24) is 19.2 Å². The molecule has 152 valence electrons. The molecule has 0 spiro atoms. The highest BCUT2D eigenvalue weighted by molar-refractivity contribution is 7.98. The van der Waals surface area contributed by atoms with Crippen molar-refractivity contribution in [2.24, 2.45) is 0 Å². The number of benzene rings is 1. The van der Waals surface area contributed by atoms with Gasteiger partial charge in [0.2, 0.25) is 5.91 Å². The summed E-state index contributed by atoms with van der Waals surface area (Å²) in [7, 11) is -3.57.